The van der Waals surface area contributed by atoms with E-state index in [1.54, 1.807) is 0 Å². The van der Waals surface area contributed by atoms with Gasteiger partial charge in [-0.1, -0.05) is 11.6 Å². The lowest BCUT2D eigenvalue weighted by Gasteiger charge is -2.03. The van der Waals surface area contributed by atoms with E-state index in [1.807, 2.05) is 0 Å². The number of hydrogen-bond donors (Lipinski definition) is 0. The quantitative estimate of drug-likeness (QED) is 0.602. The Labute approximate surface area is 98.3 Å². The minimum Gasteiger partial charge on any atom is -0.465 e. The van der Waals surface area contributed by atoms with Gasteiger partial charge in [0.05, 0.1) is 24.1 Å². The number of carbonyl (C=O) groups is 1. The van der Waals surface area contributed by atoms with Gasteiger partial charge in [0.25, 0.3) is 0 Å². The first kappa shape index (κ1) is 12.9. The van der Waals surface area contributed by atoms with Crippen LogP contribution in [0.15, 0.2) is 12.1 Å². The molecule has 1 heterocycles. The van der Waals surface area contributed by atoms with Crippen molar-refractivity contribution in [1.82, 2.24) is 4.98 Å². The zero-order valence-corrected chi connectivity index (χ0v) is 10.3. The van der Waals surface area contributed by atoms with Crippen molar-refractivity contribution in [2.24, 2.45) is 0 Å². The molecular formula is C9H10ClNO4S. The molecule has 1 aromatic heterocycles. The maximum atomic E-state index is 11.2. The van der Waals surface area contributed by atoms with Crippen molar-refractivity contribution >= 4 is 27.4 Å². The molecule has 1 aromatic rings. The Morgan fingerprint density at radius 2 is 2.12 bits per heavy atom. The van der Waals surface area contributed by atoms with Gasteiger partial charge in [-0.3, -0.25) is 0 Å². The van der Waals surface area contributed by atoms with Crippen LogP contribution in [0.4, 0.5) is 0 Å². The Hall–Kier alpha value is -1.14. The molecule has 5 nitrogen and oxygen atoms in total. The Balaban J connectivity index is 3.05. The van der Waals surface area contributed by atoms with Crippen LogP contribution in [0.5, 0.6) is 0 Å². The predicted octanol–water partition coefficient (Wildman–Crippen LogP) is 1.07. The van der Waals surface area contributed by atoms with Crippen LogP contribution < -0.4 is 0 Å². The predicted molar refractivity (Wildman–Crippen MR) is 59.1 cm³/mol. The standard InChI is InChI=1S/C9H10ClNO4S/c1-15-9(12)7-4-3-6(11-8(7)10)5-16(2,13)14/h3-4H,5H2,1-2H3. The van der Waals surface area contributed by atoms with Gasteiger partial charge < -0.3 is 4.74 Å². The smallest absolute Gasteiger partial charge is 0.341 e. The van der Waals surface area contributed by atoms with Crippen molar-refractivity contribution in [2.45, 2.75) is 5.75 Å². The number of aromatic nitrogens is 1. The normalized spacial score (nSPS) is 11.2. The van der Waals surface area contributed by atoms with Crippen molar-refractivity contribution in [3.05, 3.63) is 28.5 Å². The lowest BCUT2D eigenvalue weighted by Crippen LogP contribution is -2.07. The summed E-state index contributed by atoms with van der Waals surface area (Å²) in [4.78, 5) is 15.0. The van der Waals surface area contributed by atoms with E-state index in [4.69, 9.17) is 11.6 Å². The van der Waals surface area contributed by atoms with Crippen molar-refractivity contribution in [2.75, 3.05) is 13.4 Å². The molecule has 0 unspecified atom stereocenters. The second kappa shape index (κ2) is 4.80. The summed E-state index contributed by atoms with van der Waals surface area (Å²) in [6, 6.07) is 2.82. The number of carbonyl (C=O) groups excluding carboxylic acids is 1. The summed E-state index contributed by atoms with van der Waals surface area (Å²) >= 11 is 5.73. The van der Waals surface area contributed by atoms with E-state index in [1.165, 1.54) is 19.2 Å². The molecule has 1 rings (SSSR count). The van der Waals surface area contributed by atoms with Crippen molar-refractivity contribution in [3.8, 4) is 0 Å². The van der Waals surface area contributed by atoms with Crippen LogP contribution in [-0.2, 0) is 20.3 Å². The Morgan fingerprint density at radius 3 is 2.56 bits per heavy atom. The molecule has 16 heavy (non-hydrogen) atoms. The van der Waals surface area contributed by atoms with Gasteiger partial charge in [0.15, 0.2) is 9.84 Å². The number of methoxy groups -OCH3 is 1. The van der Waals surface area contributed by atoms with Gasteiger partial charge in [-0.15, -0.1) is 0 Å². The highest BCUT2D eigenvalue weighted by atomic mass is 35.5. The molecule has 0 aromatic carbocycles. The van der Waals surface area contributed by atoms with Crippen LogP contribution in [0, 0.1) is 0 Å². The molecule has 0 spiro atoms. The van der Waals surface area contributed by atoms with Crippen LogP contribution in [0.2, 0.25) is 5.15 Å². The van der Waals surface area contributed by atoms with E-state index in [-0.39, 0.29) is 16.5 Å². The average molecular weight is 264 g/mol. The topological polar surface area (TPSA) is 73.3 Å². The molecule has 7 heteroatoms. The second-order valence-electron chi connectivity index (χ2n) is 3.20. The lowest BCUT2D eigenvalue weighted by atomic mass is 10.2. The van der Waals surface area contributed by atoms with Gasteiger partial charge in [-0.2, -0.15) is 0 Å². The molecule has 0 bridgehead atoms. The molecule has 88 valence electrons. The maximum absolute atomic E-state index is 11.2. The van der Waals surface area contributed by atoms with E-state index in [0.717, 1.165) is 6.26 Å². The van der Waals surface area contributed by atoms with E-state index in [2.05, 4.69) is 9.72 Å². The van der Waals surface area contributed by atoms with Gasteiger partial charge in [0.1, 0.15) is 5.15 Å². The summed E-state index contributed by atoms with van der Waals surface area (Å²) in [5.74, 6) is -0.822. The van der Waals surface area contributed by atoms with Crippen LogP contribution in [0.3, 0.4) is 0 Å². The van der Waals surface area contributed by atoms with E-state index in [9.17, 15) is 13.2 Å². The van der Waals surface area contributed by atoms with Gasteiger partial charge in [-0.25, -0.2) is 18.2 Å². The highest BCUT2D eigenvalue weighted by Crippen LogP contribution is 2.15. The monoisotopic (exact) mass is 263 g/mol. The summed E-state index contributed by atoms with van der Waals surface area (Å²) < 4.78 is 26.5. The molecular weight excluding hydrogens is 254 g/mol. The Bertz CT molecular complexity index is 512. The van der Waals surface area contributed by atoms with Crippen molar-refractivity contribution in [3.63, 3.8) is 0 Å². The summed E-state index contributed by atoms with van der Waals surface area (Å²) in [7, 11) is -1.94. The first-order chi connectivity index (χ1) is 7.33. The van der Waals surface area contributed by atoms with Gasteiger partial charge in [0, 0.05) is 6.26 Å². The first-order valence-electron chi connectivity index (χ1n) is 4.25. The number of sulfone groups is 1. The fourth-order valence-electron chi connectivity index (χ4n) is 1.08. The summed E-state index contributed by atoms with van der Waals surface area (Å²) in [6.07, 6.45) is 1.09. The summed E-state index contributed by atoms with van der Waals surface area (Å²) in [5, 5.41) is -0.0620. The minimum absolute atomic E-state index is 0.0620. The highest BCUT2D eigenvalue weighted by Gasteiger charge is 2.14. The molecule has 0 aliphatic rings. The average Bonchev–Trinajstić information content (AvgIpc) is 2.14. The Kier molecular flexibility index (Phi) is 3.88. The molecule has 0 N–H and O–H groups in total. The number of nitrogens with zero attached hydrogens (tertiary/aromatic N) is 1. The molecule has 0 fully saturated rings. The van der Waals surface area contributed by atoms with Crippen molar-refractivity contribution in [1.29, 1.82) is 0 Å². The zero-order valence-electron chi connectivity index (χ0n) is 8.73. The molecule has 0 atom stereocenters. The number of halogens is 1. The SMILES string of the molecule is COC(=O)c1ccc(CS(C)(=O)=O)nc1Cl. The number of esters is 1. The van der Waals surface area contributed by atoms with Gasteiger partial charge in [-0.05, 0) is 12.1 Å². The summed E-state index contributed by atoms with van der Waals surface area (Å²) in [5.41, 5.74) is 0.404. The molecule has 0 saturated carbocycles. The third-order valence-electron chi connectivity index (χ3n) is 1.72. The van der Waals surface area contributed by atoms with Gasteiger partial charge >= 0.3 is 5.97 Å². The number of ether oxygens (including phenoxy) is 1. The molecule has 0 radical (unpaired) electrons. The highest BCUT2D eigenvalue weighted by molar-refractivity contribution is 7.89. The fourth-order valence-corrected chi connectivity index (χ4v) is 2.03. The first-order valence-corrected chi connectivity index (χ1v) is 6.69. The zero-order chi connectivity index (χ0) is 12.3. The fraction of sp³-hybridized carbons (Fsp3) is 0.333. The number of hydrogen-bond acceptors (Lipinski definition) is 5. The lowest BCUT2D eigenvalue weighted by molar-refractivity contribution is 0.0600. The van der Waals surface area contributed by atoms with Crippen LogP contribution in [-0.4, -0.2) is 32.7 Å². The van der Waals surface area contributed by atoms with Crippen LogP contribution in [0.1, 0.15) is 16.1 Å². The van der Waals surface area contributed by atoms with E-state index >= 15 is 0 Å². The van der Waals surface area contributed by atoms with Crippen molar-refractivity contribution < 1.29 is 17.9 Å². The van der Waals surface area contributed by atoms with E-state index < -0.39 is 15.8 Å². The number of pyridine rings is 1. The van der Waals surface area contributed by atoms with E-state index in [0.29, 0.717) is 5.69 Å². The Morgan fingerprint density at radius 1 is 1.50 bits per heavy atom. The van der Waals surface area contributed by atoms with Crippen LogP contribution >= 0.6 is 11.6 Å². The minimum atomic E-state index is -3.17. The molecule has 0 aliphatic heterocycles. The van der Waals surface area contributed by atoms with Crippen LogP contribution in [0.25, 0.3) is 0 Å². The maximum Gasteiger partial charge on any atom is 0.341 e. The molecule has 0 saturated heterocycles. The third-order valence-corrected chi connectivity index (χ3v) is 2.83. The second-order valence-corrected chi connectivity index (χ2v) is 5.70. The number of rotatable bonds is 3. The summed E-state index contributed by atoms with van der Waals surface area (Å²) in [6.45, 7) is 0. The third kappa shape index (κ3) is 3.46. The molecule has 0 aliphatic carbocycles. The molecule has 0 amide bonds. The van der Waals surface area contributed by atoms with Gasteiger partial charge in [0.2, 0.25) is 0 Å². The largest absolute Gasteiger partial charge is 0.465 e.